The van der Waals surface area contributed by atoms with Gasteiger partial charge in [-0.1, -0.05) is 6.07 Å². The number of rotatable bonds is 3. The van der Waals surface area contributed by atoms with Gasteiger partial charge < -0.3 is 0 Å². The van der Waals surface area contributed by atoms with Gasteiger partial charge in [-0.2, -0.15) is 5.26 Å². The molecule has 3 nitrogen and oxygen atoms in total. The van der Waals surface area contributed by atoms with E-state index in [1.807, 2.05) is 18.3 Å². The molecule has 0 fully saturated rings. The Balaban J connectivity index is 2.09. The zero-order valence-corrected chi connectivity index (χ0v) is 9.31. The van der Waals surface area contributed by atoms with Gasteiger partial charge in [0.1, 0.15) is 11.1 Å². The Labute approximate surface area is 98.2 Å². The summed E-state index contributed by atoms with van der Waals surface area (Å²) in [5.41, 5.74) is 1.75. The molecule has 2 rings (SSSR count). The lowest BCUT2D eigenvalue weighted by Gasteiger charge is -2.01. The molecule has 0 aromatic carbocycles. The molecule has 0 N–H and O–H groups in total. The van der Waals surface area contributed by atoms with Gasteiger partial charge in [0.2, 0.25) is 0 Å². The Hall–Kier alpha value is -1.86. The van der Waals surface area contributed by atoms with Crippen molar-refractivity contribution in [3.8, 4) is 6.07 Å². The van der Waals surface area contributed by atoms with Crippen molar-refractivity contribution in [2.75, 3.05) is 0 Å². The predicted molar refractivity (Wildman–Crippen MR) is 62.8 cm³/mol. The van der Waals surface area contributed by atoms with Crippen LogP contribution < -0.4 is 0 Å². The first-order valence-corrected chi connectivity index (χ1v) is 5.75. The summed E-state index contributed by atoms with van der Waals surface area (Å²) in [7, 11) is 0. The van der Waals surface area contributed by atoms with Crippen LogP contribution in [0.4, 0.5) is 0 Å². The summed E-state index contributed by atoms with van der Waals surface area (Å²) in [5.74, 6) is 0.777. The van der Waals surface area contributed by atoms with Gasteiger partial charge in [0, 0.05) is 24.3 Å². The second kappa shape index (κ2) is 5.29. The van der Waals surface area contributed by atoms with Crippen LogP contribution in [0.1, 0.15) is 11.1 Å². The van der Waals surface area contributed by atoms with Crippen LogP contribution in [-0.2, 0) is 5.75 Å². The normalized spacial score (nSPS) is 9.69. The maximum absolute atomic E-state index is 8.90. The van der Waals surface area contributed by atoms with E-state index in [4.69, 9.17) is 5.26 Å². The van der Waals surface area contributed by atoms with Gasteiger partial charge >= 0.3 is 0 Å². The van der Waals surface area contributed by atoms with Crippen LogP contribution in [0, 0.1) is 11.3 Å². The standard InChI is InChI=1S/C12H9N3S/c13-7-11-4-2-6-15-12(11)16-9-10-3-1-5-14-8-10/h1-6,8H,9H2. The molecule has 2 aromatic heterocycles. The van der Waals surface area contributed by atoms with Gasteiger partial charge in [-0.05, 0) is 23.8 Å². The van der Waals surface area contributed by atoms with Gasteiger partial charge in [0.25, 0.3) is 0 Å². The van der Waals surface area contributed by atoms with Crippen LogP contribution in [0.5, 0.6) is 0 Å². The lowest BCUT2D eigenvalue weighted by molar-refractivity contribution is 1.11. The minimum atomic E-state index is 0.622. The maximum Gasteiger partial charge on any atom is 0.114 e. The molecule has 0 radical (unpaired) electrons. The molecule has 0 aliphatic heterocycles. The van der Waals surface area contributed by atoms with Crippen molar-refractivity contribution in [2.45, 2.75) is 10.8 Å². The lowest BCUT2D eigenvalue weighted by atomic mass is 10.3. The number of aromatic nitrogens is 2. The minimum absolute atomic E-state index is 0.622. The molecule has 0 saturated heterocycles. The molecule has 0 aliphatic rings. The van der Waals surface area contributed by atoms with Crippen molar-refractivity contribution in [3.63, 3.8) is 0 Å². The highest BCUT2D eigenvalue weighted by Gasteiger charge is 2.03. The smallest absolute Gasteiger partial charge is 0.114 e. The molecule has 0 amide bonds. The molecule has 16 heavy (non-hydrogen) atoms. The Kier molecular flexibility index (Phi) is 3.52. The minimum Gasteiger partial charge on any atom is -0.264 e. The Morgan fingerprint density at radius 3 is 2.88 bits per heavy atom. The average Bonchev–Trinajstić information content (AvgIpc) is 2.38. The Bertz CT molecular complexity index is 505. The summed E-state index contributed by atoms with van der Waals surface area (Å²) in [6.07, 6.45) is 5.27. The van der Waals surface area contributed by atoms with Crippen LogP contribution in [0.15, 0.2) is 47.9 Å². The second-order valence-corrected chi connectivity index (χ2v) is 4.08. The molecular weight excluding hydrogens is 218 g/mol. The highest BCUT2D eigenvalue weighted by Crippen LogP contribution is 2.22. The molecule has 0 saturated carbocycles. The fourth-order valence-electron chi connectivity index (χ4n) is 1.23. The first kappa shape index (κ1) is 10.7. The molecule has 2 heterocycles. The number of hydrogen-bond acceptors (Lipinski definition) is 4. The van der Waals surface area contributed by atoms with Crippen molar-refractivity contribution in [3.05, 3.63) is 54.0 Å². The molecule has 0 atom stereocenters. The van der Waals surface area contributed by atoms with Gasteiger partial charge in [-0.3, -0.25) is 4.98 Å². The summed E-state index contributed by atoms with van der Waals surface area (Å²) in [6, 6.07) is 9.59. The Morgan fingerprint density at radius 1 is 1.25 bits per heavy atom. The Morgan fingerprint density at radius 2 is 2.12 bits per heavy atom. The van der Waals surface area contributed by atoms with Crippen molar-refractivity contribution < 1.29 is 0 Å². The van der Waals surface area contributed by atoms with E-state index >= 15 is 0 Å². The van der Waals surface area contributed by atoms with Gasteiger partial charge in [-0.25, -0.2) is 4.98 Å². The largest absolute Gasteiger partial charge is 0.264 e. The van der Waals surface area contributed by atoms with E-state index in [1.54, 1.807) is 36.3 Å². The summed E-state index contributed by atoms with van der Waals surface area (Å²) < 4.78 is 0. The summed E-state index contributed by atoms with van der Waals surface area (Å²) >= 11 is 1.55. The highest BCUT2D eigenvalue weighted by molar-refractivity contribution is 7.98. The van der Waals surface area contributed by atoms with Gasteiger partial charge in [0.05, 0.1) is 5.56 Å². The molecule has 0 bridgehead atoms. The molecule has 4 heteroatoms. The van der Waals surface area contributed by atoms with E-state index < -0.39 is 0 Å². The van der Waals surface area contributed by atoms with Crippen LogP contribution >= 0.6 is 11.8 Å². The average molecular weight is 227 g/mol. The molecule has 0 aliphatic carbocycles. The molecule has 2 aromatic rings. The van der Waals surface area contributed by atoms with Crippen LogP contribution in [0.25, 0.3) is 0 Å². The molecule has 0 spiro atoms. The van der Waals surface area contributed by atoms with E-state index in [2.05, 4.69) is 16.0 Å². The first-order chi connectivity index (χ1) is 7.90. The van der Waals surface area contributed by atoms with Crippen molar-refractivity contribution in [1.82, 2.24) is 9.97 Å². The number of thioether (sulfide) groups is 1. The number of hydrogen-bond donors (Lipinski definition) is 0. The SMILES string of the molecule is N#Cc1cccnc1SCc1cccnc1. The first-order valence-electron chi connectivity index (χ1n) is 4.77. The fraction of sp³-hybridized carbons (Fsp3) is 0.0833. The fourth-order valence-corrected chi connectivity index (χ4v) is 2.10. The third-order valence-electron chi connectivity index (χ3n) is 1.99. The highest BCUT2D eigenvalue weighted by atomic mass is 32.2. The van der Waals surface area contributed by atoms with E-state index in [1.165, 1.54) is 0 Å². The molecule has 0 unspecified atom stereocenters. The van der Waals surface area contributed by atoms with E-state index in [0.717, 1.165) is 16.3 Å². The number of nitriles is 1. The predicted octanol–water partition coefficient (Wildman–Crippen LogP) is 2.64. The maximum atomic E-state index is 8.90. The van der Waals surface area contributed by atoms with Crippen LogP contribution in [0.3, 0.4) is 0 Å². The number of nitrogens with zero attached hydrogens (tertiary/aromatic N) is 3. The summed E-state index contributed by atoms with van der Waals surface area (Å²) in [4.78, 5) is 8.23. The quantitative estimate of drug-likeness (QED) is 0.756. The zero-order valence-electron chi connectivity index (χ0n) is 8.50. The summed E-state index contributed by atoms with van der Waals surface area (Å²) in [5, 5.41) is 9.67. The number of pyridine rings is 2. The van der Waals surface area contributed by atoms with Gasteiger partial charge in [0.15, 0.2) is 0 Å². The van der Waals surface area contributed by atoms with Crippen LogP contribution in [0.2, 0.25) is 0 Å². The molecular formula is C12H9N3S. The van der Waals surface area contributed by atoms with Crippen molar-refractivity contribution >= 4 is 11.8 Å². The molecule has 78 valence electrons. The van der Waals surface area contributed by atoms with E-state index in [9.17, 15) is 0 Å². The third-order valence-corrected chi connectivity index (χ3v) is 3.07. The van der Waals surface area contributed by atoms with Gasteiger partial charge in [-0.15, -0.1) is 11.8 Å². The summed E-state index contributed by atoms with van der Waals surface area (Å²) in [6.45, 7) is 0. The monoisotopic (exact) mass is 227 g/mol. The van der Waals surface area contributed by atoms with Crippen LogP contribution in [-0.4, -0.2) is 9.97 Å². The van der Waals surface area contributed by atoms with Crippen molar-refractivity contribution in [1.29, 1.82) is 5.26 Å². The second-order valence-electron chi connectivity index (χ2n) is 3.12. The zero-order chi connectivity index (χ0) is 11.2. The van der Waals surface area contributed by atoms with Crippen molar-refractivity contribution in [2.24, 2.45) is 0 Å². The third kappa shape index (κ3) is 2.59. The van der Waals surface area contributed by atoms with E-state index in [0.29, 0.717) is 5.56 Å². The van der Waals surface area contributed by atoms with E-state index in [-0.39, 0.29) is 0 Å². The topological polar surface area (TPSA) is 49.6 Å². The lowest BCUT2D eigenvalue weighted by Crippen LogP contribution is -1.87.